The van der Waals surface area contributed by atoms with Crippen molar-refractivity contribution in [1.82, 2.24) is 10.7 Å². The fourth-order valence-electron chi connectivity index (χ4n) is 3.10. The van der Waals surface area contributed by atoms with Gasteiger partial charge in [0.25, 0.3) is 11.8 Å². The third kappa shape index (κ3) is 7.31. The minimum absolute atomic E-state index is 0.101. The Bertz CT molecular complexity index is 1080. The molecule has 3 aromatic rings. The fourth-order valence-corrected chi connectivity index (χ4v) is 3.10. The monoisotopic (exact) mass is 443 g/mol. The number of hydrazone groups is 1. The fraction of sp³-hybridized carbons (Fsp3) is 0.222. The number of hydrogen-bond acceptors (Lipinski definition) is 4. The van der Waals surface area contributed by atoms with Crippen LogP contribution >= 0.6 is 0 Å². The first-order valence-electron chi connectivity index (χ1n) is 10.9. The summed E-state index contributed by atoms with van der Waals surface area (Å²) in [6.45, 7) is 6.19. The maximum atomic E-state index is 12.6. The van der Waals surface area contributed by atoms with Crippen molar-refractivity contribution in [3.05, 3.63) is 101 Å². The van der Waals surface area contributed by atoms with E-state index in [-0.39, 0.29) is 17.7 Å². The van der Waals surface area contributed by atoms with E-state index in [1.165, 1.54) is 0 Å². The number of aryl methyl sites for hydroxylation is 1. The van der Waals surface area contributed by atoms with Crippen molar-refractivity contribution >= 4 is 18.0 Å². The van der Waals surface area contributed by atoms with Crippen LogP contribution < -0.4 is 15.5 Å². The highest BCUT2D eigenvalue weighted by Crippen LogP contribution is 2.13. The van der Waals surface area contributed by atoms with E-state index >= 15 is 0 Å². The first kappa shape index (κ1) is 23.7. The normalized spacial score (nSPS) is 11.9. The highest BCUT2D eigenvalue weighted by molar-refractivity contribution is 5.97. The molecule has 1 atom stereocenters. The van der Waals surface area contributed by atoms with Crippen LogP contribution in [0.15, 0.2) is 84.0 Å². The van der Waals surface area contributed by atoms with E-state index in [0.717, 1.165) is 22.4 Å². The molecule has 0 aliphatic heterocycles. The summed E-state index contributed by atoms with van der Waals surface area (Å²) in [6, 6.07) is 23.9. The number of nitrogens with zero attached hydrogens (tertiary/aromatic N) is 1. The van der Waals surface area contributed by atoms with Crippen LogP contribution in [0, 0.1) is 12.8 Å². The van der Waals surface area contributed by atoms with Crippen LogP contribution in [0.4, 0.5) is 0 Å². The summed E-state index contributed by atoms with van der Waals surface area (Å²) >= 11 is 0. The molecule has 6 nitrogen and oxygen atoms in total. The van der Waals surface area contributed by atoms with Gasteiger partial charge in [0, 0.05) is 5.56 Å². The quantitative estimate of drug-likeness (QED) is 0.378. The molecule has 1 unspecified atom stereocenters. The second kappa shape index (κ2) is 11.6. The summed E-state index contributed by atoms with van der Waals surface area (Å²) < 4.78 is 5.77. The van der Waals surface area contributed by atoms with Gasteiger partial charge in [-0.1, -0.05) is 61.9 Å². The van der Waals surface area contributed by atoms with Gasteiger partial charge in [-0.3, -0.25) is 9.59 Å². The molecule has 0 bridgehead atoms. The van der Waals surface area contributed by atoms with Gasteiger partial charge in [-0.25, -0.2) is 5.43 Å². The van der Waals surface area contributed by atoms with E-state index in [9.17, 15) is 9.59 Å². The Labute approximate surface area is 194 Å². The summed E-state index contributed by atoms with van der Waals surface area (Å²) in [4.78, 5) is 25.1. The topological polar surface area (TPSA) is 79.8 Å². The van der Waals surface area contributed by atoms with Crippen molar-refractivity contribution in [2.45, 2.75) is 33.4 Å². The maximum Gasteiger partial charge on any atom is 0.262 e. The molecule has 33 heavy (non-hydrogen) atoms. The number of ether oxygens (including phenoxy) is 1. The molecule has 0 aromatic heterocycles. The highest BCUT2D eigenvalue weighted by atomic mass is 16.5. The molecule has 0 aliphatic rings. The molecule has 0 saturated carbocycles. The van der Waals surface area contributed by atoms with Crippen LogP contribution in [-0.4, -0.2) is 24.1 Å². The zero-order chi connectivity index (χ0) is 23.6. The van der Waals surface area contributed by atoms with Gasteiger partial charge in [0.05, 0.1) is 6.21 Å². The van der Waals surface area contributed by atoms with E-state index in [4.69, 9.17) is 4.74 Å². The lowest BCUT2D eigenvalue weighted by atomic mass is 10.0. The average Bonchev–Trinajstić information content (AvgIpc) is 2.82. The zero-order valence-electron chi connectivity index (χ0n) is 19.1. The van der Waals surface area contributed by atoms with Crippen molar-refractivity contribution in [3.63, 3.8) is 0 Å². The molecule has 3 rings (SSSR count). The smallest absolute Gasteiger partial charge is 0.262 e. The molecule has 2 N–H and O–H groups in total. The Kier molecular flexibility index (Phi) is 8.36. The molecule has 0 fully saturated rings. The number of carbonyl (C=O) groups is 2. The van der Waals surface area contributed by atoms with Crippen molar-refractivity contribution in [2.75, 3.05) is 0 Å². The lowest BCUT2D eigenvalue weighted by molar-refractivity contribution is -0.123. The summed E-state index contributed by atoms with van der Waals surface area (Å²) in [7, 11) is 0. The van der Waals surface area contributed by atoms with Gasteiger partial charge in [0.15, 0.2) is 0 Å². The molecule has 0 radical (unpaired) electrons. The second-order valence-electron chi connectivity index (χ2n) is 8.14. The molecular formula is C27H29N3O3. The van der Waals surface area contributed by atoms with E-state index < -0.39 is 6.04 Å². The molecule has 6 heteroatoms. The Hall–Kier alpha value is -3.93. The lowest BCUT2D eigenvalue weighted by Crippen LogP contribution is -2.48. The highest BCUT2D eigenvalue weighted by Gasteiger charge is 2.24. The Balaban J connectivity index is 1.52. The molecular weight excluding hydrogens is 414 g/mol. The summed E-state index contributed by atoms with van der Waals surface area (Å²) in [5.41, 5.74) is 6.01. The third-order valence-electron chi connectivity index (χ3n) is 5.07. The minimum atomic E-state index is -0.704. The van der Waals surface area contributed by atoms with Crippen LogP contribution in [0.5, 0.6) is 5.75 Å². The first-order valence-corrected chi connectivity index (χ1v) is 10.9. The van der Waals surface area contributed by atoms with Crippen molar-refractivity contribution in [1.29, 1.82) is 0 Å². The number of hydrogen-bond donors (Lipinski definition) is 2. The summed E-state index contributed by atoms with van der Waals surface area (Å²) in [6.07, 6.45) is 1.55. The van der Waals surface area contributed by atoms with Gasteiger partial charge < -0.3 is 10.1 Å². The largest absolute Gasteiger partial charge is 0.489 e. The third-order valence-corrected chi connectivity index (χ3v) is 5.07. The van der Waals surface area contributed by atoms with Gasteiger partial charge >= 0.3 is 0 Å². The number of rotatable bonds is 9. The molecule has 0 spiro atoms. The summed E-state index contributed by atoms with van der Waals surface area (Å²) in [5.74, 6) is -0.0159. The van der Waals surface area contributed by atoms with E-state index in [0.29, 0.717) is 12.2 Å². The van der Waals surface area contributed by atoms with Gasteiger partial charge in [0.2, 0.25) is 0 Å². The predicted molar refractivity (Wildman–Crippen MR) is 130 cm³/mol. The van der Waals surface area contributed by atoms with Gasteiger partial charge in [-0.05, 0) is 60.4 Å². The molecule has 0 aliphatic carbocycles. The van der Waals surface area contributed by atoms with Gasteiger partial charge in [-0.2, -0.15) is 5.10 Å². The SMILES string of the molecule is Cc1ccc(C(=O)NC(C(=O)NN=Cc2ccc(OCc3ccccc3)cc2)C(C)C)cc1. The maximum absolute atomic E-state index is 12.6. The average molecular weight is 444 g/mol. The molecule has 0 heterocycles. The van der Waals surface area contributed by atoms with Crippen molar-refractivity contribution < 1.29 is 14.3 Å². The Morgan fingerprint density at radius 3 is 2.24 bits per heavy atom. The van der Waals surface area contributed by atoms with Crippen molar-refractivity contribution in [3.8, 4) is 5.75 Å². The molecule has 170 valence electrons. The summed E-state index contributed by atoms with van der Waals surface area (Å²) in [5, 5.41) is 6.84. The van der Waals surface area contributed by atoms with Gasteiger partial charge in [0.1, 0.15) is 18.4 Å². The molecule has 3 aromatic carbocycles. The number of benzene rings is 3. The number of amides is 2. The first-order chi connectivity index (χ1) is 15.9. The number of nitrogens with one attached hydrogen (secondary N) is 2. The second-order valence-corrected chi connectivity index (χ2v) is 8.14. The lowest BCUT2D eigenvalue weighted by Gasteiger charge is -2.20. The minimum Gasteiger partial charge on any atom is -0.489 e. The van der Waals surface area contributed by atoms with Crippen LogP contribution in [0.3, 0.4) is 0 Å². The van der Waals surface area contributed by atoms with E-state index in [2.05, 4.69) is 15.8 Å². The van der Waals surface area contributed by atoms with Crippen LogP contribution in [0.25, 0.3) is 0 Å². The Morgan fingerprint density at radius 1 is 0.939 bits per heavy atom. The van der Waals surface area contributed by atoms with E-state index in [1.54, 1.807) is 18.3 Å². The predicted octanol–water partition coefficient (Wildman–Crippen LogP) is 4.48. The molecule has 0 saturated heterocycles. The van der Waals surface area contributed by atoms with Crippen LogP contribution in [0.1, 0.15) is 40.9 Å². The van der Waals surface area contributed by atoms with Gasteiger partial charge in [-0.15, -0.1) is 0 Å². The van der Waals surface area contributed by atoms with Crippen LogP contribution in [-0.2, 0) is 11.4 Å². The van der Waals surface area contributed by atoms with E-state index in [1.807, 2.05) is 87.5 Å². The standard InChI is InChI=1S/C27H29N3O3/c1-19(2)25(29-26(31)23-13-9-20(3)10-14-23)27(32)30-28-17-21-11-15-24(16-12-21)33-18-22-7-5-4-6-8-22/h4-17,19,25H,18H2,1-3H3,(H,29,31)(H,30,32). The molecule has 2 amide bonds. The Morgan fingerprint density at radius 2 is 1.61 bits per heavy atom. The number of carbonyl (C=O) groups excluding carboxylic acids is 2. The van der Waals surface area contributed by atoms with Crippen LogP contribution in [0.2, 0.25) is 0 Å². The van der Waals surface area contributed by atoms with Crippen molar-refractivity contribution in [2.24, 2.45) is 11.0 Å². The zero-order valence-corrected chi connectivity index (χ0v) is 19.1.